The van der Waals surface area contributed by atoms with Crippen LogP contribution in [0.1, 0.15) is 221 Å². The smallest absolute Gasteiger partial charge is 0.308 e. The standard InChI is InChI=1S/C96H160O23Si4/c1-32-60(3)72(106-77(97)51-71(118-122(28,29)93(16,17)18)50-73(61(4)33-2)107-87-64(7)81(119-123(30,31)94(19,20)21)76(109-87)57-104-120(24,25)91(10,11)12)49-70(117-121(26,27)92(13,14)15)52-78(98)110-79-62(5)74(55-100-65(79)8)108-89-84-83(114-95(22,23)115-84)82(66(9)105-89)112-86-63(6)80(75(56-102-86)101-54-68-45-39-35-40-46-68)111-90-85-96(59-103-90,58-99-53-67-43-37-34-38-44-67)116-88(113-85)69-47-41-36-42-48-69/h34-48,60-66,70-76,79-90H,32-33,49-59H2,1-31H3/t60-,61-,62?,63?,64?,65?,66?,70-,71-,72-,73-,74?,75+,76-,79+,80?,81?,82-,83?,84?,85?,86-,87+,88-,89-,90-,96+/m0/s1. The minimum atomic E-state index is -2.60. The molecule has 3 aromatic rings. The average molecular weight is 1790 g/mol. The maximum atomic E-state index is 15.2. The number of carbonyl (C=O) groups is 2. The van der Waals surface area contributed by atoms with Gasteiger partial charge < -0.3 is 98.2 Å². The van der Waals surface area contributed by atoms with Crippen LogP contribution in [0, 0.1) is 29.6 Å². The van der Waals surface area contributed by atoms with E-state index in [2.05, 4.69) is 170 Å². The summed E-state index contributed by atoms with van der Waals surface area (Å²) in [6.07, 6.45) is -11.1. The Labute approximate surface area is 743 Å². The van der Waals surface area contributed by atoms with Gasteiger partial charge in [-0.2, -0.15) is 0 Å². The Kier molecular flexibility index (Phi) is 34.5. The van der Waals surface area contributed by atoms with Gasteiger partial charge in [-0.1, -0.05) is 235 Å². The number of benzene rings is 3. The molecule has 0 bridgehead atoms. The van der Waals surface area contributed by atoms with Crippen LogP contribution in [-0.2, 0) is 121 Å². The summed E-state index contributed by atoms with van der Waals surface area (Å²) in [6, 6.07) is 29.9. The second-order valence-corrected chi connectivity index (χ2v) is 62.3. The summed E-state index contributed by atoms with van der Waals surface area (Å²) in [7, 11) is -9.59. The van der Waals surface area contributed by atoms with Crippen LogP contribution in [0.2, 0.25) is 72.5 Å². The fourth-order valence-electron chi connectivity index (χ4n) is 16.4. The van der Waals surface area contributed by atoms with Gasteiger partial charge in [0.2, 0.25) is 0 Å². The maximum Gasteiger partial charge on any atom is 0.308 e. The van der Waals surface area contributed by atoms with Crippen LogP contribution in [0.4, 0.5) is 0 Å². The third-order valence-electron chi connectivity index (χ3n) is 29.0. The zero-order valence-electron chi connectivity index (χ0n) is 80.8. The van der Waals surface area contributed by atoms with E-state index in [1.807, 2.05) is 133 Å². The van der Waals surface area contributed by atoms with Crippen molar-refractivity contribution in [2.24, 2.45) is 29.6 Å². The molecule has 0 N–H and O–H groups in total. The molecule has 27 atom stereocenters. The highest BCUT2D eigenvalue weighted by Gasteiger charge is 2.63. The summed E-state index contributed by atoms with van der Waals surface area (Å²) >= 11 is 0. The van der Waals surface area contributed by atoms with E-state index in [4.69, 9.17) is 98.2 Å². The molecule has 27 heteroatoms. The van der Waals surface area contributed by atoms with Crippen molar-refractivity contribution in [2.45, 2.75) is 424 Å². The Hall–Kier alpha value is -3.29. The van der Waals surface area contributed by atoms with E-state index in [1.54, 1.807) is 0 Å². The highest BCUT2D eigenvalue weighted by Crippen LogP contribution is 2.50. The van der Waals surface area contributed by atoms with Gasteiger partial charge in [0.25, 0.3) is 0 Å². The van der Waals surface area contributed by atoms with E-state index in [9.17, 15) is 0 Å². The van der Waals surface area contributed by atoms with E-state index in [1.165, 1.54) is 0 Å². The molecular formula is C96H160O23Si4. The molecule has 0 aliphatic carbocycles. The summed E-state index contributed by atoms with van der Waals surface area (Å²) in [6.45, 7) is 69.0. The fraction of sp³-hybridized carbons (Fsp3) is 0.792. The predicted octanol–water partition coefficient (Wildman–Crippen LogP) is 19.9. The molecule has 10 rings (SSSR count). The minimum absolute atomic E-state index is 0.000794. The van der Waals surface area contributed by atoms with Gasteiger partial charge in [-0.25, -0.2) is 0 Å². The molecule has 0 spiro atoms. The second-order valence-electron chi connectivity index (χ2n) is 43.2. The van der Waals surface area contributed by atoms with Crippen molar-refractivity contribution < 1.29 is 108 Å². The Morgan fingerprint density at radius 3 is 1.60 bits per heavy atom. The molecule has 7 aliphatic heterocycles. The monoisotopic (exact) mass is 1790 g/mol. The molecule has 7 aliphatic rings. The molecule has 0 radical (unpaired) electrons. The van der Waals surface area contributed by atoms with Gasteiger partial charge in [0.15, 0.2) is 70.5 Å². The Morgan fingerprint density at radius 1 is 0.504 bits per heavy atom. The molecule has 7 fully saturated rings. The van der Waals surface area contributed by atoms with E-state index in [0.29, 0.717) is 32.7 Å². The number of carbonyl (C=O) groups excluding carboxylic acids is 2. The number of ether oxygens (including phenoxy) is 17. The molecule has 7 heterocycles. The summed E-state index contributed by atoms with van der Waals surface area (Å²) in [4.78, 5) is 30.3. The molecular weight excluding hydrogens is 1630 g/mol. The first-order chi connectivity index (χ1) is 57.3. The lowest BCUT2D eigenvalue weighted by Gasteiger charge is -2.47. The van der Waals surface area contributed by atoms with Crippen LogP contribution < -0.4 is 0 Å². The molecule has 0 amide bonds. The lowest BCUT2D eigenvalue weighted by atomic mass is 9.91. The number of fused-ring (bicyclic) bond motifs is 2. The zero-order valence-corrected chi connectivity index (χ0v) is 84.8. The van der Waals surface area contributed by atoms with Crippen LogP contribution in [-0.4, -0.2) is 212 Å². The zero-order chi connectivity index (χ0) is 90.5. The van der Waals surface area contributed by atoms with Crippen molar-refractivity contribution in [1.82, 2.24) is 0 Å². The highest BCUT2D eigenvalue weighted by molar-refractivity contribution is 6.75. The van der Waals surface area contributed by atoms with Crippen molar-refractivity contribution >= 4 is 45.2 Å². The Balaban J connectivity index is 0.818. The number of esters is 2. The maximum absolute atomic E-state index is 15.2. The normalized spacial score (nSPS) is 32.6. The first-order valence-corrected chi connectivity index (χ1v) is 57.7. The van der Waals surface area contributed by atoms with E-state index < -0.39 is 167 Å². The average Bonchev–Trinajstić information content (AvgIpc) is 1.61. The Bertz CT molecular complexity index is 3760. The van der Waals surface area contributed by atoms with Crippen molar-refractivity contribution in [2.75, 3.05) is 33.0 Å². The molecule has 123 heavy (non-hydrogen) atoms. The lowest BCUT2D eigenvalue weighted by molar-refractivity contribution is -0.344. The van der Waals surface area contributed by atoms with Crippen molar-refractivity contribution in [3.05, 3.63) is 108 Å². The lowest BCUT2D eigenvalue weighted by Crippen LogP contribution is -2.61. The van der Waals surface area contributed by atoms with Crippen LogP contribution in [0.5, 0.6) is 0 Å². The molecule has 3 aromatic carbocycles. The summed E-state index contributed by atoms with van der Waals surface area (Å²) in [5.41, 5.74) is 1.90. The number of hydrogen-bond acceptors (Lipinski definition) is 23. The van der Waals surface area contributed by atoms with Crippen LogP contribution in [0.3, 0.4) is 0 Å². The fourth-order valence-corrected chi connectivity index (χ4v) is 21.5. The minimum Gasteiger partial charge on any atom is -0.462 e. The van der Waals surface area contributed by atoms with Crippen LogP contribution in [0.15, 0.2) is 91.0 Å². The van der Waals surface area contributed by atoms with E-state index >= 15 is 9.59 Å². The molecule has 0 aromatic heterocycles. The molecule has 23 nitrogen and oxygen atoms in total. The van der Waals surface area contributed by atoms with E-state index in [-0.39, 0.29) is 114 Å². The van der Waals surface area contributed by atoms with Gasteiger partial charge in [-0.3, -0.25) is 9.59 Å². The van der Waals surface area contributed by atoms with Crippen molar-refractivity contribution in [3.8, 4) is 0 Å². The van der Waals surface area contributed by atoms with Gasteiger partial charge >= 0.3 is 11.9 Å². The van der Waals surface area contributed by atoms with Gasteiger partial charge in [-0.05, 0) is 130 Å². The molecule has 698 valence electrons. The first-order valence-electron chi connectivity index (χ1n) is 46.1. The summed E-state index contributed by atoms with van der Waals surface area (Å²) in [5.74, 6) is -2.89. The molecule has 7 saturated heterocycles. The van der Waals surface area contributed by atoms with Crippen molar-refractivity contribution in [3.63, 3.8) is 0 Å². The van der Waals surface area contributed by atoms with Crippen LogP contribution in [0.25, 0.3) is 0 Å². The van der Waals surface area contributed by atoms with Gasteiger partial charge in [0, 0.05) is 29.7 Å². The predicted molar refractivity (Wildman–Crippen MR) is 484 cm³/mol. The topological polar surface area (TPSA) is 228 Å². The second kappa shape index (κ2) is 41.7. The van der Waals surface area contributed by atoms with Crippen molar-refractivity contribution in [1.29, 1.82) is 0 Å². The van der Waals surface area contributed by atoms with Crippen LogP contribution >= 0.6 is 0 Å². The first kappa shape index (κ1) is 102. The molecule has 0 saturated carbocycles. The van der Waals surface area contributed by atoms with Gasteiger partial charge in [0.05, 0.1) is 108 Å². The van der Waals surface area contributed by atoms with Gasteiger partial charge in [-0.15, -0.1) is 0 Å². The SMILES string of the molecule is CC[C@H](C)[C@H](C[C@@H](CC(=O)O[C@H]1C(C)OCC(O[C@@H]2OC(C)[C@H](O[C@@H]3OC[C@@H](OCc4ccccc4)C(O[C@@H]4OC[C@@]5(COCc6ccccc6)O[C@@H](c6ccccc6)OC45)C3C)C3OC(C)(C)OC32)C1C)O[Si](C)(C)C(C)(C)C)OC(=O)C[C@H](C[C@H](O[C@@H]1O[C@@H](CO[Si](C)(C)C(C)(C)C)C(O[Si](C)(C)C(C)(C)C)C1C)[C@@H](C)CC)O[Si](C)(C)C(C)(C)C. The summed E-state index contributed by atoms with van der Waals surface area (Å²) in [5, 5.41) is -0.420. The van der Waals surface area contributed by atoms with E-state index in [0.717, 1.165) is 23.1 Å². The quantitative estimate of drug-likeness (QED) is 0.0382. The third-order valence-corrected chi connectivity index (χ3v) is 47.0. The van der Waals surface area contributed by atoms with Gasteiger partial charge in [0.1, 0.15) is 54.4 Å². The Morgan fingerprint density at radius 2 is 1.02 bits per heavy atom. The number of hydrogen-bond donors (Lipinski definition) is 0. The third kappa shape index (κ3) is 25.7. The molecule has 11 unspecified atom stereocenters. The summed E-state index contributed by atoms with van der Waals surface area (Å²) < 4.78 is 145. The largest absolute Gasteiger partial charge is 0.462 e. The number of rotatable bonds is 39. The highest BCUT2D eigenvalue weighted by atomic mass is 28.4.